The largest absolute Gasteiger partial charge is 0.387 e. The van der Waals surface area contributed by atoms with Crippen LogP contribution in [0.2, 0.25) is 0 Å². The second kappa shape index (κ2) is 9.77. The van der Waals surface area contributed by atoms with Crippen molar-refractivity contribution in [1.82, 2.24) is 20.2 Å². The molecule has 1 atom stereocenters. The molecule has 0 aromatic carbocycles. The van der Waals surface area contributed by atoms with Crippen LogP contribution in [0.4, 0.5) is 5.95 Å². The van der Waals surface area contributed by atoms with E-state index < -0.39 is 5.60 Å². The number of nitrogens with one attached hydrogen (secondary N) is 1. The zero-order valence-corrected chi connectivity index (χ0v) is 17.7. The molecule has 2 aliphatic rings. The van der Waals surface area contributed by atoms with Gasteiger partial charge in [0.15, 0.2) is 5.96 Å². The standard InChI is InChI=1S/C16H26N6OS.HI/c1-2-17-14(20-12-16(23)4-11-24-13-16)21-7-9-22(10-8-21)15-18-5-3-6-19-15;/h3,5-6,23H,2,4,7-13H2,1H3,(H,17,20);1H. The third kappa shape index (κ3) is 5.58. The Morgan fingerprint density at radius 3 is 2.64 bits per heavy atom. The minimum Gasteiger partial charge on any atom is -0.387 e. The number of piperazine rings is 1. The number of hydrogen-bond acceptors (Lipinski definition) is 6. The van der Waals surface area contributed by atoms with E-state index in [4.69, 9.17) is 4.99 Å². The monoisotopic (exact) mass is 478 g/mol. The van der Waals surface area contributed by atoms with Crippen molar-refractivity contribution in [2.75, 3.05) is 55.7 Å². The predicted octanol–water partition coefficient (Wildman–Crippen LogP) is 1.05. The summed E-state index contributed by atoms with van der Waals surface area (Å²) in [6, 6.07) is 1.84. The fourth-order valence-corrected chi connectivity index (χ4v) is 4.23. The molecule has 2 N–H and O–H groups in total. The molecule has 25 heavy (non-hydrogen) atoms. The summed E-state index contributed by atoms with van der Waals surface area (Å²) in [5.74, 6) is 3.50. The third-order valence-electron chi connectivity index (χ3n) is 4.35. The van der Waals surface area contributed by atoms with Crippen molar-refractivity contribution in [3.63, 3.8) is 0 Å². The second-order valence-electron chi connectivity index (χ2n) is 6.22. The lowest BCUT2D eigenvalue weighted by atomic mass is 10.0. The smallest absolute Gasteiger partial charge is 0.225 e. The van der Waals surface area contributed by atoms with E-state index in [9.17, 15) is 5.11 Å². The number of nitrogens with zero attached hydrogens (tertiary/aromatic N) is 5. The van der Waals surface area contributed by atoms with Gasteiger partial charge in [-0.1, -0.05) is 0 Å². The zero-order chi connectivity index (χ0) is 16.8. The summed E-state index contributed by atoms with van der Waals surface area (Å²) in [6.07, 6.45) is 4.39. The Kier molecular flexibility index (Phi) is 8.01. The quantitative estimate of drug-likeness (QED) is 0.381. The highest BCUT2D eigenvalue weighted by Gasteiger charge is 2.32. The van der Waals surface area contributed by atoms with Gasteiger partial charge in [0.05, 0.1) is 12.1 Å². The predicted molar refractivity (Wildman–Crippen MR) is 114 cm³/mol. The Labute approximate surface area is 170 Å². The Balaban J connectivity index is 0.00000225. The van der Waals surface area contributed by atoms with Gasteiger partial charge in [0.1, 0.15) is 0 Å². The average molecular weight is 478 g/mol. The van der Waals surface area contributed by atoms with Crippen molar-refractivity contribution in [1.29, 1.82) is 0 Å². The molecule has 3 heterocycles. The number of aliphatic imine (C=N–C) groups is 1. The molecule has 3 rings (SSSR count). The van der Waals surface area contributed by atoms with Gasteiger partial charge in [-0.25, -0.2) is 9.97 Å². The van der Waals surface area contributed by atoms with Crippen LogP contribution in [0.5, 0.6) is 0 Å². The van der Waals surface area contributed by atoms with Gasteiger partial charge >= 0.3 is 0 Å². The first-order valence-corrected chi connectivity index (χ1v) is 9.71. The van der Waals surface area contributed by atoms with Crippen LogP contribution in [0.1, 0.15) is 13.3 Å². The molecule has 7 nitrogen and oxygen atoms in total. The van der Waals surface area contributed by atoms with E-state index in [2.05, 4.69) is 32.0 Å². The molecule has 1 aromatic heterocycles. The van der Waals surface area contributed by atoms with E-state index in [1.165, 1.54) is 0 Å². The van der Waals surface area contributed by atoms with Crippen molar-refractivity contribution >= 4 is 47.6 Å². The number of hydrogen-bond donors (Lipinski definition) is 2. The summed E-state index contributed by atoms with van der Waals surface area (Å²) in [7, 11) is 0. The van der Waals surface area contributed by atoms with Gasteiger partial charge in [0.2, 0.25) is 5.95 Å². The molecular weight excluding hydrogens is 451 g/mol. The van der Waals surface area contributed by atoms with Crippen LogP contribution in [0.3, 0.4) is 0 Å². The molecule has 0 spiro atoms. The Bertz CT molecular complexity index is 547. The molecule has 9 heteroatoms. The van der Waals surface area contributed by atoms with Crippen LogP contribution in [0.15, 0.2) is 23.5 Å². The van der Waals surface area contributed by atoms with Crippen LogP contribution in [0, 0.1) is 0 Å². The van der Waals surface area contributed by atoms with Crippen molar-refractivity contribution in [3.05, 3.63) is 18.5 Å². The summed E-state index contributed by atoms with van der Waals surface area (Å²) in [6.45, 7) is 6.86. The highest BCUT2D eigenvalue weighted by molar-refractivity contribution is 14.0. The van der Waals surface area contributed by atoms with Gasteiger partial charge in [-0.2, -0.15) is 11.8 Å². The first-order valence-electron chi connectivity index (χ1n) is 8.55. The lowest BCUT2D eigenvalue weighted by molar-refractivity contribution is 0.0775. The SMILES string of the molecule is CCNC(=NCC1(O)CCSC1)N1CCN(c2ncccn2)CC1.I. The minimum absolute atomic E-state index is 0. The van der Waals surface area contributed by atoms with Crippen molar-refractivity contribution in [2.24, 2.45) is 4.99 Å². The van der Waals surface area contributed by atoms with E-state index in [-0.39, 0.29) is 24.0 Å². The van der Waals surface area contributed by atoms with Crippen LogP contribution < -0.4 is 10.2 Å². The first kappa shape index (κ1) is 20.5. The molecule has 1 aromatic rings. The molecule has 0 amide bonds. The molecule has 0 radical (unpaired) electrons. The van der Waals surface area contributed by atoms with Crippen LogP contribution in [0.25, 0.3) is 0 Å². The fraction of sp³-hybridized carbons (Fsp3) is 0.688. The number of aliphatic hydroxyl groups is 1. The van der Waals surface area contributed by atoms with Crippen LogP contribution in [-0.2, 0) is 0 Å². The highest BCUT2D eigenvalue weighted by Crippen LogP contribution is 2.28. The molecule has 0 bridgehead atoms. The van der Waals surface area contributed by atoms with Crippen molar-refractivity contribution in [2.45, 2.75) is 18.9 Å². The maximum absolute atomic E-state index is 10.5. The van der Waals surface area contributed by atoms with E-state index in [0.717, 1.165) is 62.6 Å². The summed E-state index contributed by atoms with van der Waals surface area (Å²) in [5.41, 5.74) is -0.634. The molecule has 2 saturated heterocycles. The summed E-state index contributed by atoms with van der Waals surface area (Å²) in [5, 5.41) is 13.9. The average Bonchev–Trinajstić information content (AvgIpc) is 3.06. The maximum Gasteiger partial charge on any atom is 0.225 e. The van der Waals surface area contributed by atoms with E-state index in [1.807, 2.05) is 6.07 Å². The van der Waals surface area contributed by atoms with Crippen molar-refractivity contribution in [3.8, 4) is 0 Å². The van der Waals surface area contributed by atoms with Crippen LogP contribution in [-0.4, -0.2) is 82.3 Å². The Hall–Kier alpha value is -0.810. The van der Waals surface area contributed by atoms with Gasteiger partial charge in [0.25, 0.3) is 0 Å². The topological polar surface area (TPSA) is 76.9 Å². The van der Waals surface area contributed by atoms with Gasteiger partial charge in [0, 0.05) is 50.9 Å². The lowest BCUT2D eigenvalue weighted by Crippen LogP contribution is -2.53. The molecule has 1 unspecified atom stereocenters. The normalized spacial score (nSPS) is 24.2. The number of guanidine groups is 1. The first-order chi connectivity index (χ1) is 11.7. The van der Waals surface area contributed by atoms with E-state index >= 15 is 0 Å². The molecular formula is C16H27IN6OS. The van der Waals surface area contributed by atoms with Gasteiger partial charge in [-0.15, -0.1) is 24.0 Å². The number of halogens is 1. The van der Waals surface area contributed by atoms with Gasteiger partial charge < -0.3 is 20.2 Å². The number of rotatable bonds is 4. The lowest BCUT2D eigenvalue weighted by Gasteiger charge is -2.36. The Morgan fingerprint density at radius 1 is 1.32 bits per heavy atom. The third-order valence-corrected chi connectivity index (χ3v) is 5.59. The molecule has 0 aliphatic carbocycles. The van der Waals surface area contributed by atoms with E-state index in [1.54, 1.807) is 24.2 Å². The molecule has 140 valence electrons. The maximum atomic E-state index is 10.5. The molecule has 0 saturated carbocycles. The van der Waals surface area contributed by atoms with Gasteiger partial charge in [-0.3, -0.25) is 4.99 Å². The summed E-state index contributed by atoms with van der Waals surface area (Å²) in [4.78, 5) is 17.8. The number of thioether (sulfide) groups is 1. The Morgan fingerprint density at radius 2 is 2.04 bits per heavy atom. The fourth-order valence-electron chi connectivity index (χ4n) is 2.94. The highest BCUT2D eigenvalue weighted by atomic mass is 127. The second-order valence-corrected chi connectivity index (χ2v) is 7.33. The molecule has 2 aliphatic heterocycles. The molecule has 2 fully saturated rings. The van der Waals surface area contributed by atoms with Crippen LogP contribution >= 0.6 is 35.7 Å². The van der Waals surface area contributed by atoms with E-state index in [0.29, 0.717) is 6.54 Å². The zero-order valence-electron chi connectivity index (χ0n) is 14.6. The minimum atomic E-state index is -0.634. The number of anilines is 1. The summed E-state index contributed by atoms with van der Waals surface area (Å²) >= 11 is 1.81. The van der Waals surface area contributed by atoms with Gasteiger partial charge in [-0.05, 0) is 25.2 Å². The van der Waals surface area contributed by atoms with Crippen molar-refractivity contribution < 1.29 is 5.11 Å². The number of aromatic nitrogens is 2. The summed E-state index contributed by atoms with van der Waals surface area (Å²) < 4.78 is 0.